The van der Waals surface area contributed by atoms with E-state index in [1.165, 1.54) is 12.1 Å². The molecule has 1 amide bonds. The van der Waals surface area contributed by atoms with Crippen molar-refractivity contribution in [2.75, 3.05) is 6.54 Å². The summed E-state index contributed by atoms with van der Waals surface area (Å²) >= 11 is 5.54. The minimum Gasteiger partial charge on any atom is -0.480 e. The molecule has 0 aliphatic heterocycles. The van der Waals surface area contributed by atoms with E-state index in [1.807, 2.05) is 0 Å². The largest absolute Gasteiger partial charge is 0.480 e. The molecule has 0 heterocycles. The molecule has 0 unspecified atom stereocenters. The van der Waals surface area contributed by atoms with Crippen LogP contribution in [0.25, 0.3) is 0 Å². The molecule has 86 valence electrons. The molecule has 1 rings (SSSR count). The maximum absolute atomic E-state index is 13.2. The number of halogens is 2. The number of hydrogen-bond donors (Lipinski definition) is 2. The fourth-order valence-electron chi connectivity index (χ4n) is 1.07. The molecule has 0 spiro atoms. The number of benzene rings is 1. The lowest BCUT2D eigenvalue weighted by Crippen LogP contribution is -2.30. The molecule has 0 aliphatic rings. The van der Waals surface area contributed by atoms with Crippen LogP contribution in [0.3, 0.4) is 0 Å². The number of carbonyl (C=O) groups is 2. The summed E-state index contributed by atoms with van der Waals surface area (Å²) in [6, 6.07) is 3.95. The molecule has 0 aromatic heterocycles. The van der Waals surface area contributed by atoms with E-state index in [0.29, 0.717) is 0 Å². The molecule has 0 radical (unpaired) electrons. The van der Waals surface area contributed by atoms with Gasteiger partial charge in [0, 0.05) is 5.02 Å². The van der Waals surface area contributed by atoms with Crippen molar-refractivity contribution in [2.45, 2.75) is 6.42 Å². The molecule has 1 aromatic carbocycles. The third-order valence-electron chi connectivity index (χ3n) is 1.80. The van der Waals surface area contributed by atoms with Crippen LogP contribution in [-0.4, -0.2) is 23.5 Å². The van der Waals surface area contributed by atoms with Crippen LogP contribution in [0.4, 0.5) is 4.39 Å². The molecular formula is C10H9ClFNO3. The second kappa shape index (κ2) is 5.46. The van der Waals surface area contributed by atoms with Crippen LogP contribution in [0, 0.1) is 5.82 Å². The molecule has 16 heavy (non-hydrogen) atoms. The van der Waals surface area contributed by atoms with Crippen molar-refractivity contribution in [3.05, 3.63) is 34.6 Å². The zero-order chi connectivity index (χ0) is 12.1. The van der Waals surface area contributed by atoms with Crippen LogP contribution in [0.2, 0.25) is 5.02 Å². The molecule has 2 N–H and O–H groups in total. The second-order valence-electron chi connectivity index (χ2n) is 3.08. The summed E-state index contributed by atoms with van der Waals surface area (Å²) in [6.45, 7) is -0.478. The maximum atomic E-state index is 13.2. The normalized spacial score (nSPS) is 9.88. The van der Waals surface area contributed by atoms with E-state index < -0.39 is 24.2 Å². The highest BCUT2D eigenvalue weighted by atomic mass is 35.5. The Hall–Kier alpha value is -1.62. The number of carboxylic acids is 1. The van der Waals surface area contributed by atoms with Crippen LogP contribution in [-0.2, 0) is 16.0 Å². The van der Waals surface area contributed by atoms with Gasteiger partial charge in [-0.2, -0.15) is 0 Å². The quantitative estimate of drug-likeness (QED) is 0.838. The van der Waals surface area contributed by atoms with E-state index in [9.17, 15) is 14.0 Å². The number of rotatable bonds is 4. The maximum Gasteiger partial charge on any atom is 0.322 e. The zero-order valence-electron chi connectivity index (χ0n) is 8.17. The molecule has 0 bridgehead atoms. The summed E-state index contributed by atoms with van der Waals surface area (Å²) in [5.74, 6) is -2.29. The van der Waals surface area contributed by atoms with E-state index in [1.54, 1.807) is 0 Å². The van der Waals surface area contributed by atoms with Gasteiger partial charge in [0.1, 0.15) is 12.4 Å². The van der Waals surface area contributed by atoms with Crippen LogP contribution < -0.4 is 5.32 Å². The van der Waals surface area contributed by atoms with Crippen molar-refractivity contribution in [1.29, 1.82) is 0 Å². The fraction of sp³-hybridized carbons (Fsp3) is 0.200. The fourth-order valence-corrected chi connectivity index (χ4v) is 1.23. The van der Waals surface area contributed by atoms with Gasteiger partial charge in [0.2, 0.25) is 5.91 Å². The average molecular weight is 246 g/mol. The van der Waals surface area contributed by atoms with Gasteiger partial charge in [0.05, 0.1) is 6.42 Å². The molecule has 0 aliphatic carbocycles. The third kappa shape index (κ3) is 3.86. The van der Waals surface area contributed by atoms with E-state index in [0.717, 1.165) is 6.07 Å². The first-order valence-electron chi connectivity index (χ1n) is 4.41. The molecule has 0 saturated heterocycles. The summed E-state index contributed by atoms with van der Waals surface area (Å²) in [6.07, 6.45) is -0.212. The van der Waals surface area contributed by atoms with Crippen molar-refractivity contribution in [3.63, 3.8) is 0 Å². The number of aliphatic carboxylic acids is 1. The van der Waals surface area contributed by atoms with Crippen LogP contribution >= 0.6 is 11.6 Å². The Kier molecular flexibility index (Phi) is 4.25. The average Bonchev–Trinajstić information content (AvgIpc) is 2.19. The van der Waals surface area contributed by atoms with Gasteiger partial charge in [-0.25, -0.2) is 4.39 Å². The lowest BCUT2D eigenvalue weighted by atomic mass is 10.1. The molecule has 0 saturated carbocycles. The molecule has 0 atom stereocenters. The van der Waals surface area contributed by atoms with Crippen LogP contribution in [0.5, 0.6) is 0 Å². The Labute approximate surface area is 96.0 Å². The number of hydrogen-bond acceptors (Lipinski definition) is 2. The van der Waals surface area contributed by atoms with Crippen LogP contribution in [0.15, 0.2) is 18.2 Å². The Morgan fingerprint density at radius 3 is 2.69 bits per heavy atom. The number of carboxylic acid groups (broad SMARTS) is 1. The van der Waals surface area contributed by atoms with Crippen molar-refractivity contribution in [3.8, 4) is 0 Å². The van der Waals surface area contributed by atoms with Gasteiger partial charge in [-0.3, -0.25) is 9.59 Å². The topological polar surface area (TPSA) is 66.4 Å². The predicted molar refractivity (Wildman–Crippen MR) is 55.8 cm³/mol. The standard InChI is InChI=1S/C10H9ClFNO3/c11-7-2-1-6(8(12)4-7)3-9(14)13-5-10(15)16/h1-2,4H,3,5H2,(H,13,14)(H,15,16). The molecule has 0 fully saturated rings. The highest BCUT2D eigenvalue weighted by molar-refractivity contribution is 6.30. The SMILES string of the molecule is O=C(O)CNC(=O)Cc1ccc(Cl)cc1F. The molecule has 1 aromatic rings. The van der Waals surface area contributed by atoms with Crippen molar-refractivity contribution in [1.82, 2.24) is 5.32 Å². The van der Waals surface area contributed by atoms with Crippen molar-refractivity contribution < 1.29 is 19.1 Å². The van der Waals surface area contributed by atoms with Crippen LogP contribution in [0.1, 0.15) is 5.56 Å². The van der Waals surface area contributed by atoms with Gasteiger partial charge in [-0.15, -0.1) is 0 Å². The summed E-state index contributed by atoms with van der Waals surface area (Å²) < 4.78 is 13.2. The Bertz CT molecular complexity index is 423. The van der Waals surface area contributed by atoms with E-state index in [2.05, 4.69) is 5.32 Å². The van der Waals surface area contributed by atoms with Gasteiger partial charge >= 0.3 is 5.97 Å². The van der Waals surface area contributed by atoms with Crippen molar-refractivity contribution in [2.24, 2.45) is 0 Å². The summed E-state index contributed by atoms with van der Waals surface area (Å²) in [5.41, 5.74) is 0.173. The summed E-state index contributed by atoms with van der Waals surface area (Å²) in [4.78, 5) is 21.3. The minimum absolute atomic E-state index is 0.173. The second-order valence-corrected chi connectivity index (χ2v) is 3.52. The highest BCUT2D eigenvalue weighted by Gasteiger charge is 2.09. The van der Waals surface area contributed by atoms with Gasteiger partial charge in [-0.1, -0.05) is 17.7 Å². The molecular weight excluding hydrogens is 237 g/mol. The monoisotopic (exact) mass is 245 g/mol. The van der Waals surface area contributed by atoms with E-state index in [-0.39, 0.29) is 17.0 Å². The first-order chi connectivity index (χ1) is 7.49. The minimum atomic E-state index is -1.15. The number of carbonyl (C=O) groups excluding carboxylic acids is 1. The summed E-state index contributed by atoms with van der Waals surface area (Å²) in [7, 11) is 0. The first kappa shape index (κ1) is 12.4. The van der Waals surface area contributed by atoms with Gasteiger partial charge in [0.25, 0.3) is 0 Å². The molecule has 6 heteroatoms. The Morgan fingerprint density at radius 2 is 2.12 bits per heavy atom. The first-order valence-corrected chi connectivity index (χ1v) is 4.79. The predicted octanol–water partition coefficient (Wildman–Crippen LogP) is 1.22. The third-order valence-corrected chi connectivity index (χ3v) is 2.04. The zero-order valence-corrected chi connectivity index (χ0v) is 8.92. The highest BCUT2D eigenvalue weighted by Crippen LogP contribution is 2.14. The van der Waals surface area contributed by atoms with E-state index >= 15 is 0 Å². The van der Waals surface area contributed by atoms with Gasteiger partial charge < -0.3 is 10.4 Å². The number of nitrogens with one attached hydrogen (secondary N) is 1. The Morgan fingerprint density at radius 1 is 1.44 bits per heavy atom. The smallest absolute Gasteiger partial charge is 0.322 e. The van der Waals surface area contributed by atoms with E-state index in [4.69, 9.17) is 16.7 Å². The summed E-state index contributed by atoms with van der Waals surface area (Å²) in [5, 5.41) is 10.7. The lowest BCUT2D eigenvalue weighted by molar-refractivity contribution is -0.137. The van der Waals surface area contributed by atoms with Gasteiger partial charge in [0.15, 0.2) is 0 Å². The Balaban J connectivity index is 2.59. The van der Waals surface area contributed by atoms with Crippen molar-refractivity contribution >= 4 is 23.5 Å². The van der Waals surface area contributed by atoms with Gasteiger partial charge in [-0.05, 0) is 17.7 Å². The molecule has 4 nitrogen and oxygen atoms in total. The lowest BCUT2D eigenvalue weighted by Gasteiger charge is -2.04. The number of amides is 1.